The number of nitrogens with zero attached hydrogens (tertiary/aromatic N) is 4. The predicted octanol–water partition coefficient (Wildman–Crippen LogP) is 2.73. The van der Waals surface area contributed by atoms with Gasteiger partial charge in [-0.15, -0.1) is 16.8 Å². The molecule has 8 heteroatoms. The van der Waals surface area contributed by atoms with Gasteiger partial charge in [-0.2, -0.15) is 0 Å². The normalized spacial score (nSPS) is 10.4. The average Bonchev–Trinajstić information content (AvgIpc) is 3.15. The lowest BCUT2D eigenvalue weighted by Crippen LogP contribution is -2.25. The van der Waals surface area contributed by atoms with E-state index in [9.17, 15) is 4.79 Å². The summed E-state index contributed by atoms with van der Waals surface area (Å²) in [5, 5.41) is 12.0. The molecule has 0 unspecified atom stereocenters. The summed E-state index contributed by atoms with van der Waals surface area (Å²) in [7, 11) is 1.62. The number of ether oxygens (including phenoxy) is 1. The number of pyridine rings is 1. The Kier molecular flexibility index (Phi) is 6.22. The highest BCUT2D eigenvalue weighted by molar-refractivity contribution is 7.99. The van der Waals surface area contributed by atoms with Crippen molar-refractivity contribution < 1.29 is 9.53 Å². The van der Waals surface area contributed by atoms with Gasteiger partial charge in [-0.3, -0.25) is 14.3 Å². The van der Waals surface area contributed by atoms with Crippen LogP contribution in [-0.2, 0) is 4.79 Å². The van der Waals surface area contributed by atoms with Crippen molar-refractivity contribution in [2.75, 3.05) is 19.4 Å². The van der Waals surface area contributed by atoms with Crippen LogP contribution in [0.1, 0.15) is 0 Å². The van der Waals surface area contributed by atoms with Crippen LogP contribution in [0.15, 0.2) is 66.6 Å². The average molecular weight is 381 g/mol. The van der Waals surface area contributed by atoms with Crippen LogP contribution in [-0.4, -0.2) is 45.1 Å². The van der Waals surface area contributed by atoms with Crippen molar-refractivity contribution in [2.24, 2.45) is 0 Å². The molecule has 0 aliphatic carbocycles. The van der Waals surface area contributed by atoms with Crippen LogP contribution in [0.4, 0.5) is 0 Å². The molecule has 0 radical (unpaired) electrons. The van der Waals surface area contributed by atoms with E-state index in [0.29, 0.717) is 17.5 Å². The van der Waals surface area contributed by atoms with Gasteiger partial charge in [0.15, 0.2) is 11.0 Å². The lowest BCUT2D eigenvalue weighted by Gasteiger charge is -2.11. The number of methoxy groups -OCH3 is 1. The topological polar surface area (TPSA) is 81.9 Å². The standard InChI is InChI=1S/C19H19N5O2S/c1-3-9-21-17(25)13-27-19-23-22-18(14-7-10-20-11-8-14)24(19)15-5-4-6-16(12-15)26-2/h3-8,10-12H,1,9,13H2,2H3,(H,21,25). The quantitative estimate of drug-likeness (QED) is 0.477. The summed E-state index contributed by atoms with van der Waals surface area (Å²) in [6.45, 7) is 4.03. The number of carbonyl (C=O) groups is 1. The van der Waals surface area contributed by atoms with Crippen LogP contribution in [0, 0.1) is 0 Å². The molecule has 0 atom stereocenters. The van der Waals surface area contributed by atoms with Gasteiger partial charge in [0.1, 0.15) is 5.75 Å². The highest BCUT2D eigenvalue weighted by Gasteiger charge is 2.17. The van der Waals surface area contributed by atoms with Crippen molar-refractivity contribution in [3.05, 3.63) is 61.4 Å². The van der Waals surface area contributed by atoms with Crippen LogP contribution in [0.2, 0.25) is 0 Å². The number of carbonyl (C=O) groups excluding carboxylic acids is 1. The van der Waals surface area contributed by atoms with Crippen LogP contribution in [0.5, 0.6) is 5.75 Å². The molecule has 27 heavy (non-hydrogen) atoms. The van der Waals surface area contributed by atoms with Gasteiger partial charge in [0, 0.05) is 30.6 Å². The van der Waals surface area contributed by atoms with E-state index in [4.69, 9.17) is 4.74 Å². The number of benzene rings is 1. The van der Waals surface area contributed by atoms with Crippen LogP contribution < -0.4 is 10.1 Å². The third kappa shape index (κ3) is 4.53. The third-order valence-corrected chi connectivity index (χ3v) is 4.59. The van der Waals surface area contributed by atoms with Crippen molar-refractivity contribution in [2.45, 2.75) is 5.16 Å². The number of thioether (sulfide) groups is 1. The maximum absolute atomic E-state index is 11.9. The van der Waals surface area contributed by atoms with E-state index >= 15 is 0 Å². The molecule has 1 amide bonds. The molecule has 2 heterocycles. The minimum atomic E-state index is -0.0921. The lowest BCUT2D eigenvalue weighted by molar-refractivity contribution is -0.118. The highest BCUT2D eigenvalue weighted by Crippen LogP contribution is 2.29. The van der Waals surface area contributed by atoms with E-state index in [-0.39, 0.29) is 11.7 Å². The van der Waals surface area contributed by atoms with E-state index < -0.39 is 0 Å². The molecule has 0 saturated heterocycles. The Morgan fingerprint density at radius 3 is 2.85 bits per heavy atom. The number of aromatic nitrogens is 4. The second-order valence-corrected chi connectivity index (χ2v) is 6.40. The zero-order valence-electron chi connectivity index (χ0n) is 14.8. The lowest BCUT2D eigenvalue weighted by atomic mass is 10.2. The summed E-state index contributed by atoms with van der Waals surface area (Å²) in [5.74, 6) is 1.53. The second-order valence-electron chi connectivity index (χ2n) is 5.46. The van der Waals surface area contributed by atoms with E-state index in [1.165, 1.54) is 11.8 Å². The van der Waals surface area contributed by atoms with Crippen molar-refractivity contribution in [3.63, 3.8) is 0 Å². The van der Waals surface area contributed by atoms with Crippen molar-refractivity contribution in [3.8, 4) is 22.8 Å². The minimum Gasteiger partial charge on any atom is -0.497 e. The van der Waals surface area contributed by atoms with Gasteiger partial charge in [0.05, 0.1) is 18.6 Å². The molecule has 0 fully saturated rings. The maximum Gasteiger partial charge on any atom is 0.230 e. The minimum absolute atomic E-state index is 0.0921. The monoisotopic (exact) mass is 381 g/mol. The SMILES string of the molecule is C=CCNC(=O)CSc1nnc(-c2ccncc2)n1-c1cccc(OC)c1. The molecule has 7 nitrogen and oxygen atoms in total. The van der Waals surface area contributed by atoms with Gasteiger partial charge in [-0.1, -0.05) is 23.9 Å². The molecule has 1 N–H and O–H groups in total. The summed E-state index contributed by atoms with van der Waals surface area (Å²) in [6.07, 6.45) is 5.05. The van der Waals surface area contributed by atoms with Gasteiger partial charge < -0.3 is 10.1 Å². The first-order valence-electron chi connectivity index (χ1n) is 8.23. The van der Waals surface area contributed by atoms with Gasteiger partial charge in [0.25, 0.3) is 0 Å². The Morgan fingerprint density at radius 1 is 1.30 bits per heavy atom. The molecule has 0 aliphatic rings. The Hall–Kier alpha value is -3.13. The van der Waals surface area contributed by atoms with E-state index in [2.05, 4.69) is 27.1 Å². The fourth-order valence-electron chi connectivity index (χ4n) is 2.40. The van der Waals surface area contributed by atoms with E-state index in [1.54, 1.807) is 25.6 Å². The van der Waals surface area contributed by atoms with Gasteiger partial charge >= 0.3 is 0 Å². The molecule has 3 aromatic rings. The summed E-state index contributed by atoms with van der Waals surface area (Å²) < 4.78 is 7.24. The van der Waals surface area contributed by atoms with Crippen LogP contribution in [0.3, 0.4) is 0 Å². The first kappa shape index (κ1) is 18.7. The Balaban J connectivity index is 1.97. The van der Waals surface area contributed by atoms with E-state index in [0.717, 1.165) is 17.0 Å². The van der Waals surface area contributed by atoms with Crippen LogP contribution >= 0.6 is 11.8 Å². The molecule has 2 aromatic heterocycles. The molecule has 0 bridgehead atoms. The maximum atomic E-state index is 11.9. The molecule has 138 valence electrons. The van der Waals surface area contributed by atoms with Crippen molar-refractivity contribution in [1.29, 1.82) is 0 Å². The Morgan fingerprint density at radius 2 is 2.11 bits per heavy atom. The zero-order chi connectivity index (χ0) is 19.1. The number of amides is 1. The van der Waals surface area contributed by atoms with Gasteiger partial charge in [-0.25, -0.2) is 0 Å². The number of hydrogen-bond acceptors (Lipinski definition) is 6. The highest BCUT2D eigenvalue weighted by atomic mass is 32.2. The second kappa shape index (κ2) is 9.00. The molecule has 1 aromatic carbocycles. The zero-order valence-corrected chi connectivity index (χ0v) is 15.6. The Bertz CT molecular complexity index is 927. The molecule has 0 aliphatic heterocycles. The molecule has 0 spiro atoms. The largest absolute Gasteiger partial charge is 0.497 e. The van der Waals surface area contributed by atoms with Crippen LogP contribution in [0.25, 0.3) is 17.1 Å². The number of hydrogen-bond donors (Lipinski definition) is 1. The molecule has 3 rings (SSSR count). The molecular formula is C19H19N5O2S. The number of rotatable bonds is 8. The smallest absolute Gasteiger partial charge is 0.230 e. The summed E-state index contributed by atoms with van der Waals surface area (Å²) in [5.41, 5.74) is 1.73. The first-order valence-corrected chi connectivity index (χ1v) is 9.22. The predicted molar refractivity (Wildman–Crippen MR) is 105 cm³/mol. The summed E-state index contributed by atoms with van der Waals surface area (Å²) >= 11 is 1.32. The summed E-state index contributed by atoms with van der Waals surface area (Å²) in [4.78, 5) is 16.0. The van der Waals surface area contributed by atoms with Crippen molar-refractivity contribution >= 4 is 17.7 Å². The molecule has 0 saturated carbocycles. The fraction of sp³-hybridized carbons (Fsp3) is 0.158. The summed E-state index contributed by atoms with van der Waals surface area (Å²) in [6, 6.07) is 11.3. The van der Waals surface area contributed by atoms with Gasteiger partial charge in [-0.05, 0) is 24.3 Å². The van der Waals surface area contributed by atoms with Gasteiger partial charge in [0.2, 0.25) is 5.91 Å². The third-order valence-electron chi connectivity index (χ3n) is 3.66. The number of nitrogens with one attached hydrogen (secondary N) is 1. The Labute approximate surface area is 161 Å². The molecular weight excluding hydrogens is 362 g/mol. The van der Waals surface area contributed by atoms with E-state index in [1.807, 2.05) is 41.0 Å². The fourth-order valence-corrected chi connectivity index (χ4v) is 3.18. The first-order chi connectivity index (χ1) is 13.2. The van der Waals surface area contributed by atoms with Crippen molar-refractivity contribution in [1.82, 2.24) is 25.1 Å².